The molecule has 0 unspecified atom stereocenters. The minimum atomic E-state index is -1.43. The zero-order chi connectivity index (χ0) is 41.4. The molecule has 12 heteroatoms. The van der Waals surface area contributed by atoms with Crippen LogP contribution < -0.4 is 24.7 Å². The average molecular weight is 860 g/mol. The third kappa shape index (κ3) is 9.26. The number of fused-ring (bicyclic) bond motifs is 2. The van der Waals surface area contributed by atoms with Crippen LogP contribution in [0.2, 0.25) is 0 Å². The third-order valence-corrected chi connectivity index (χ3v) is 11.4. The van der Waals surface area contributed by atoms with Gasteiger partial charge in [0.15, 0.2) is 0 Å². The van der Waals surface area contributed by atoms with Gasteiger partial charge >= 0.3 is 7.12 Å². The van der Waals surface area contributed by atoms with Crippen molar-refractivity contribution in [2.75, 3.05) is 50.2 Å². The number of nitrogens with zero attached hydrogens (tertiary/aromatic N) is 6. The second kappa shape index (κ2) is 18.7. The zero-order valence-corrected chi connectivity index (χ0v) is 34.9. The van der Waals surface area contributed by atoms with E-state index in [1.807, 2.05) is 60.9 Å². The number of methoxy groups -OCH3 is 2. The van der Waals surface area contributed by atoms with Crippen molar-refractivity contribution in [1.82, 2.24) is 19.9 Å². The van der Waals surface area contributed by atoms with Crippen molar-refractivity contribution in [2.45, 2.75) is 11.8 Å². The molecule has 0 atom stereocenters. The fraction of sp³-hybridized carbons (Fsp3) is 0.167. The molecule has 2 saturated heterocycles. The van der Waals surface area contributed by atoms with Gasteiger partial charge in [0.2, 0.25) is 0 Å². The highest BCUT2D eigenvalue weighted by Gasteiger charge is 2.33. The predicted octanol–water partition coefficient (Wildman–Crippen LogP) is 8.28. The number of hydrogen-bond acceptors (Lipinski definition) is 10. The summed E-state index contributed by atoms with van der Waals surface area (Å²) in [6.07, 6.45) is 3.74. The number of hydrogen-bond donors (Lipinski definition) is 2. The van der Waals surface area contributed by atoms with Crippen LogP contribution in [-0.4, -0.2) is 77.5 Å². The fourth-order valence-corrected chi connectivity index (χ4v) is 8.00. The van der Waals surface area contributed by atoms with E-state index in [0.717, 1.165) is 76.0 Å². The van der Waals surface area contributed by atoms with E-state index in [9.17, 15) is 0 Å². The normalized spacial score (nSPS) is 13.6. The number of para-hydroxylation sites is 2. The van der Waals surface area contributed by atoms with Gasteiger partial charge in [-0.05, 0) is 106 Å². The summed E-state index contributed by atoms with van der Waals surface area (Å²) in [7, 11) is 1.80. The highest BCUT2D eigenvalue weighted by atomic mass is 79.9. The molecule has 0 aliphatic carbocycles. The maximum Gasteiger partial charge on any atom is 0.488 e. The van der Waals surface area contributed by atoms with Gasteiger partial charge in [0.25, 0.3) is 0 Å². The molecule has 0 amide bonds. The van der Waals surface area contributed by atoms with Gasteiger partial charge in [-0.15, -0.1) is 0 Å². The highest BCUT2D eigenvalue weighted by Crippen LogP contribution is 2.37. The number of ether oxygens (including phenoxy) is 2. The van der Waals surface area contributed by atoms with Crippen LogP contribution in [0.15, 0.2) is 162 Å². The van der Waals surface area contributed by atoms with Gasteiger partial charge in [-0.1, -0.05) is 66.7 Å². The lowest BCUT2D eigenvalue weighted by Crippen LogP contribution is -2.46. The molecule has 0 spiro atoms. The van der Waals surface area contributed by atoms with Crippen LogP contribution in [0.5, 0.6) is 11.5 Å². The summed E-state index contributed by atoms with van der Waals surface area (Å²) in [6, 6.07) is 47.9. The number of halogens is 1. The van der Waals surface area contributed by atoms with Crippen LogP contribution in [-0.2, 0) is 0 Å². The Hall–Kier alpha value is -6.34. The Bertz CT molecular complexity index is 2710. The van der Waals surface area contributed by atoms with E-state index in [4.69, 9.17) is 34.5 Å². The van der Waals surface area contributed by atoms with E-state index in [-0.39, 0.29) is 0 Å². The molecule has 6 heterocycles. The third-order valence-electron chi connectivity index (χ3n) is 10.8. The molecule has 4 aromatic heterocycles. The highest BCUT2D eigenvalue weighted by molar-refractivity contribution is 9.10. The summed E-state index contributed by atoms with van der Waals surface area (Å²) in [5, 5.41) is 19.8. The summed E-state index contributed by atoms with van der Waals surface area (Å²) in [6.45, 7) is 3.81. The topological polar surface area (TPSA) is 117 Å². The van der Waals surface area contributed by atoms with Gasteiger partial charge in [-0.25, -0.2) is 9.97 Å². The molecular formula is C48H44BBrN6O4. The molecule has 300 valence electrons. The smallest absolute Gasteiger partial charge is 0.488 e. The van der Waals surface area contributed by atoms with Crippen molar-refractivity contribution < 1.29 is 19.5 Å². The number of rotatable bonds is 8. The molecule has 0 saturated carbocycles. The fourth-order valence-electron chi connectivity index (χ4n) is 7.42. The second-order valence-electron chi connectivity index (χ2n) is 14.6. The molecule has 60 heavy (non-hydrogen) atoms. The monoisotopic (exact) mass is 858 g/mol. The van der Waals surface area contributed by atoms with Crippen LogP contribution in [0, 0.1) is 0 Å². The van der Waals surface area contributed by atoms with Crippen molar-refractivity contribution in [2.24, 2.45) is 0 Å². The van der Waals surface area contributed by atoms with Crippen molar-refractivity contribution in [3.05, 3.63) is 174 Å². The van der Waals surface area contributed by atoms with Gasteiger partial charge in [-0.2, -0.15) is 0 Å². The van der Waals surface area contributed by atoms with Gasteiger partial charge < -0.3 is 29.3 Å². The Labute approximate surface area is 358 Å². The number of aromatic nitrogens is 4. The quantitative estimate of drug-likeness (QED) is 0.145. The predicted molar refractivity (Wildman–Crippen MR) is 244 cm³/mol. The molecule has 10 rings (SSSR count). The molecule has 0 bridgehead atoms. The van der Waals surface area contributed by atoms with Crippen molar-refractivity contribution in [3.63, 3.8) is 0 Å². The summed E-state index contributed by atoms with van der Waals surface area (Å²) in [5.74, 6) is 4.45. The molecule has 2 N–H and O–H groups in total. The van der Waals surface area contributed by atoms with Gasteiger partial charge in [0, 0.05) is 71.2 Å². The maximum atomic E-state index is 8.74. The molecule has 2 aliphatic rings. The molecule has 8 aromatic rings. The summed E-state index contributed by atoms with van der Waals surface area (Å²) in [5.41, 5.74) is 7.14. The standard InChI is InChI=1S/C24H21N3O.C17H14BrN3.C7H9BO3/c1-28-20-8-4-7-18(14-20)21-9-5-13-25-24(21)19-15-27(16-19)23-12-11-17-6-2-3-10-22(17)26-23;18-14-5-3-9-19-17(14)13-10-21(11-13)16-8-7-12-4-1-2-6-15(12)20-16;1-11-7-4-2-3-6(5-7)8(9)10/h2-14,19H,15-16H2,1H3;1-9,13H,10-11H2;2-5,9-10H,1H3. The Morgan fingerprint density at radius 2 is 1.10 bits per heavy atom. The Morgan fingerprint density at radius 3 is 1.68 bits per heavy atom. The SMILES string of the molecule is Brc1cccnc1C1CN(c2ccc3ccccc3n2)C1.COc1cccc(-c2cccnc2C2CN(c3ccc4ccccc4n3)C2)c1.COc1cccc(B(O)O)c1. The van der Waals surface area contributed by atoms with Crippen LogP contribution in [0.1, 0.15) is 23.2 Å². The van der Waals surface area contributed by atoms with E-state index < -0.39 is 7.12 Å². The zero-order valence-electron chi connectivity index (χ0n) is 33.3. The number of benzene rings is 4. The van der Waals surface area contributed by atoms with Crippen LogP contribution in [0.3, 0.4) is 0 Å². The second-order valence-corrected chi connectivity index (χ2v) is 15.5. The Kier molecular flexibility index (Phi) is 12.6. The number of pyridine rings is 4. The largest absolute Gasteiger partial charge is 0.497 e. The van der Waals surface area contributed by atoms with Crippen molar-refractivity contribution in [1.29, 1.82) is 0 Å². The lowest BCUT2D eigenvalue weighted by Gasteiger charge is -2.40. The van der Waals surface area contributed by atoms with E-state index >= 15 is 0 Å². The molecule has 4 aromatic carbocycles. The summed E-state index contributed by atoms with van der Waals surface area (Å²) in [4.78, 5) is 23.4. The van der Waals surface area contributed by atoms with E-state index in [1.165, 1.54) is 23.4 Å². The molecule has 0 radical (unpaired) electrons. The van der Waals surface area contributed by atoms with Gasteiger partial charge in [-0.3, -0.25) is 9.97 Å². The first kappa shape index (κ1) is 40.4. The molecular weight excluding hydrogens is 815 g/mol. The first-order chi connectivity index (χ1) is 29.4. The van der Waals surface area contributed by atoms with E-state index in [1.54, 1.807) is 31.4 Å². The molecule has 2 fully saturated rings. The summed E-state index contributed by atoms with van der Waals surface area (Å²) >= 11 is 3.58. The molecule has 10 nitrogen and oxygen atoms in total. The van der Waals surface area contributed by atoms with Crippen molar-refractivity contribution in [3.8, 4) is 22.6 Å². The minimum Gasteiger partial charge on any atom is -0.497 e. The average Bonchev–Trinajstić information content (AvgIpc) is 3.26. The van der Waals surface area contributed by atoms with E-state index in [0.29, 0.717) is 23.0 Å². The van der Waals surface area contributed by atoms with Gasteiger partial charge in [0.1, 0.15) is 23.1 Å². The molecule has 2 aliphatic heterocycles. The Morgan fingerprint density at radius 1 is 0.567 bits per heavy atom. The van der Waals surface area contributed by atoms with E-state index in [2.05, 4.69) is 104 Å². The summed E-state index contributed by atoms with van der Waals surface area (Å²) < 4.78 is 11.4. The minimum absolute atomic E-state index is 0.399. The van der Waals surface area contributed by atoms with Crippen molar-refractivity contribution >= 4 is 62.0 Å². The number of anilines is 2. The first-order valence-electron chi connectivity index (χ1n) is 19.8. The van der Waals surface area contributed by atoms with Crippen LogP contribution >= 0.6 is 15.9 Å². The maximum absolute atomic E-state index is 8.74. The van der Waals surface area contributed by atoms with Crippen LogP contribution in [0.25, 0.3) is 32.9 Å². The first-order valence-corrected chi connectivity index (χ1v) is 20.6. The van der Waals surface area contributed by atoms with Crippen LogP contribution in [0.4, 0.5) is 11.6 Å². The van der Waals surface area contributed by atoms with Gasteiger partial charge in [0.05, 0.1) is 36.6 Å². The lowest BCUT2D eigenvalue weighted by molar-refractivity contribution is 0.412. The lowest BCUT2D eigenvalue weighted by atomic mass is 9.80. The Balaban J connectivity index is 0.000000137.